The van der Waals surface area contributed by atoms with Crippen LogP contribution in [0.1, 0.15) is 245 Å². The van der Waals surface area contributed by atoms with Crippen molar-refractivity contribution < 1.29 is 34.1 Å². The van der Waals surface area contributed by atoms with Gasteiger partial charge < -0.3 is 25.6 Å². The number of amides is 2. The van der Waals surface area contributed by atoms with Crippen molar-refractivity contribution in [2.45, 2.75) is 257 Å². The van der Waals surface area contributed by atoms with E-state index < -0.39 is 24.5 Å². The first-order valence-electron chi connectivity index (χ1n) is 23.4. The first-order valence-corrected chi connectivity index (χ1v) is 23.4. The molecule has 2 amide bonds. The summed E-state index contributed by atoms with van der Waals surface area (Å²) in [6.45, 7) is 3.46. The monoisotopic (exact) mass is 781 g/mol. The molecule has 55 heavy (non-hydrogen) atoms. The number of hydrogen-bond donors (Lipinski definition) is 4. The van der Waals surface area contributed by atoms with Gasteiger partial charge in [0.1, 0.15) is 12.1 Å². The molecule has 2 unspecified atom stereocenters. The van der Waals surface area contributed by atoms with Crippen LogP contribution in [0.5, 0.6) is 0 Å². The minimum atomic E-state index is -1.38. The summed E-state index contributed by atoms with van der Waals surface area (Å²) in [4.78, 5) is 47.5. The Morgan fingerprint density at radius 3 is 1.18 bits per heavy atom. The average Bonchev–Trinajstić information content (AvgIpc) is 3.17. The molecule has 9 heteroatoms. The molecule has 0 radical (unpaired) electrons. The van der Waals surface area contributed by atoms with Crippen molar-refractivity contribution >= 4 is 23.8 Å². The van der Waals surface area contributed by atoms with E-state index in [1.165, 1.54) is 161 Å². The van der Waals surface area contributed by atoms with Gasteiger partial charge >= 0.3 is 11.9 Å². The number of rotatable bonds is 43. The first-order chi connectivity index (χ1) is 26.8. The summed E-state index contributed by atoms with van der Waals surface area (Å²) in [5.41, 5.74) is 0. The Morgan fingerprint density at radius 2 is 0.818 bits per heavy atom. The summed E-state index contributed by atoms with van der Waals surface area (Å²) in [5, 5.41) is 22.5. The highest BCUT2D eigenvalue weighted by Crippen LogP contribution is 2.19. The van der Waals surface area contributed by atoms with Crippen molar-refractivity contribution in [3.63, 3.8) is 0 Å². The van der Waals surface area contributed by atoms with Crippen LogP contribution in [0.15, 0.2) is 0 Å². The molecule has 2 atom stereocenters. The zero-order chi connectivity index (χ0) is 40.5. The zero-order valence-corrected chi connectivity index (χ0v) is 36.0. The van der Waals surface area contributed by atoms with E-state index in [1.807, 2.05) is 0 Å². The van der Waals surface area contributed by atoms with Gasteiger partial charge in [-0.2, -0.15) is 0 Å². The van der Waals surface area contributed by atoms with Gasteiger partial charge in [-0.05, 0) is 38.5 Å². The minimum absolute atomic E-state index is 0.0333. The number of carboxylic acid groups (broad SMARTS) is 1. The van der Waals surface area contributed by atoms with Gasteiger partial charge in [-0.1, -0.05) is 194 Å². The van der Waals surface area contributed by atoms with E-state index in [4.69, 9.17) is 14.9 Å². The predicted molar refractivity (Wildman–Crippen MR) is 227 cm³/mol. The maximum Gasteiger partial charge on any atom is 0.328 e. The maximum atomic E-state index is 12.7. The third kappa shape index (κ3) is 38.5. The average molecular weight is 781 g/mol. The number of carbonyl (C=O) groups is 4. The second kappa shape index (κ2) is 41.5. The van der Waals surface area contributed by atoms with E-state index in [1.54, 1.807) is 0 Å². The molecule has 0 aliphatic heterocycles. The Hall–Kier alpha value is -2.16. The first kappa shape index (κ1) is 52.8. The number of aliphatic hydroxyl groups is 1. The van der Waals surface area contributed by atoms with Crippen molar-refractivity contribution in [1.29, 1.82) is 0 Å². The predicted octanol–water partition coefficient (Wildman–Crippen LogP) is 11.7. The van der Waals surface area contributed by atoms with Gasteiger partial charge in [0, 0.05) is 12.8 Å². The number of unbranched alkanes of at least 4 members (excludes halogenated alkanes) is 29. The fourth-order valence-electron chi connectivity index (χ4n) is 7.25. The van der Waals surface area contributed by atoms with Gasteiger partial charge in [0.05, 0.1) is 13.2 Å². The number of nitrogens with one attached hydrogen (secondary N) is 2. The summed E-state index contributed by atoms with van der Waals surface area (Å²) >= 11 is 0. The standard InChI is InChI=1S/C46H88N2O7/c1-3-5-7-9-10-11-12-13-14-15-16-17-18-19-20-21-22-23-24-25-26-28-34-38-45(52)55-41(35-31-27-8-6-4-2)36-32-29-30-33-37-43(50)47-39-44(51)48-42(40-49)46(53)54/h41-42,49H,3-40H2,1-2H3,(H,47,50)(H,48,51)(H,53,54). The summed E-state index contributed by atoms with van der Waals surface area (Å²) in [6, 6.07) is -1.38. The smallest absolute Gasteiger partial charge is 0.328 e. The normalized spacial score (nSPS) is 12.3. The Labute approximate surface area is 338 Å². The molecule has 4 N–H and O–H groups in total. The molecule has 0 fully saturated rings. The zero-order valence-electron chi connectivity index (χ0n) is 36.0. The second-order valence-electron chi connectivity index (χ2n) is 16.2. The van der Waals surface area contributed by atoms with Gasteiger partial charge in [-0.3, -0.25) is 14.4 Å². The molecule has 0 aromatic carbocycles. The van der Waals surface area contributed by atoms with Crippen LogP contribution in [0.4, 0.5) is 0 Å². The number of carbonyl (C=O) groups excluding carboxylic acids is 3. The molecule has 9 nitrogen and oxygen atoms in total. The minimum Gasteiger partial charge on any atom is -0.480 e. The fraction of sp³-hybridized carbons (Fsp3) is 0.913. The van der Waals surface area contributed by atoms with Crippen LogP contribution in [-0.2, 0) is 23.9 Å². The van der Waals surface area contributed by atoms with Crippen LogP contribution in [0.2, 0.25) is 0 Å². The van der Waals surface area contributed by atoms with E-state index in [0.717, 1.165) is 51.4 Å². The van der Waals surface area contributed by atoms with Gasteiger partial charge in [0.25, 0.3) is 0 Å². The molecule has 324 valence electrons. The molecule has 0 saturated carbocycles. The molecular formula is C46H88N2O7. The highest BCUT2D eigenvalue weighted by Gasteiger charge is 2.19. The fourth-order valence-corrected chi connectivity index (χ4v) is 7.25. The number of aliphatic hydroxyl groups excluding tert-OH is 1. The Kier molecular flexibility index (Phi) is 39.8. The molecular weight excluding hydrogens is 693 g/mol. The Morgan fingerprint density at radius 1 is 0.473 bits per heavy atom. The van der Waals surface area contributed by atoms with Crippen molar-refractivity contribution in [2.75, 3.05) is 13.2 Å². The van der Waals surface area contributed by atoms with Crippen molar-refractivity contribution in [3.8, 4) is 0 Å². The Balaban J connectivity index is 3.87. The molecule has 0 rings (SSSR count). The lowest BCUT2D eigenvalue weighted by molar-refractivity contribution is -0.150. The molecule has 0 spiro atoms. The highest BCUT2D eigenvalue weighted by atomic mass is 16.5. The SMILES string of the molecule is CCCCCCCCCCCCCCCCCCCCCCCCCC(=O)OC(CCCCCCC)CCCCCCC(=O)NCC(=O)NC(CO)C(=O)O. The lowest BCUT2D eigenvalue weighted by Crippen LogP contribution is -2.47. The van der Waals surface area contributed by atoms with Crippen LogP contribution in [0.3, 0.4) is 0 Å². The number of aliphatic carboxylic acids is 1. The third-order valence-electron chi connectivity index (χ3n) is 10.9. The van der Waals surface area contributed by atoms with Crippen molar-refractivity contribution in [3.05, 3.63) is 0 Å². The quantitative estimate of drug-likeness (QED) is 0.0356. The molecule has 0 aromatic rings. The molecule has 0 heterocycles. The van der Waals surface area contributed by atoms with E-state index in [-0.39, 0.29) is 30.9 Å². The van der Waals surface area contributed by atoms with Gasteiger partial charge in [-0.15, -0.1) is 0 Å². The van der Waals surface area contributed by atoms with E-state index in [0.29, 0.717) is 12.8 Å². The van der Waals surface area contributed by atoms with Gasteiger partial charge in [0.2, 0.25) is 11.8 Å². The van der Waals surface area contributed by atoms with E-state index >= 15 is 0 Å². The number of hydrogen-bond acceptors (Lipinski definition) is 6. The highest BCUT2D eigenvalue weighted by molar-refractivity contribution is 5.87. The van der Waals surface area contributed by atoms with E-state index in [2.05, 4.69) is 24.5 Å². The molecule has 0 saturated heterocycles. The van der Waals surface area contributed by atoms with Crippen molar-refractivity contribution in [1.82, 2.24) is 10.6 Å². The largest absolute Gasteiger partial charge is 0.480 e. The molecule has 0 aliphatic carbocycles. The van der Waals surface area contributed by atoms with Crippen LogP contribution in [0.25, 0.3) is 0 Å². The van der Waals surface area contributed by atoms with Crippen LogP contribution >= 0.6 is 0 Å². The van der Waals surface area contributed by atoms with Gasteiger partial charge in [-0.25, -0.2) is 4.79 Å². The number of esters is 1. The van der Waals surface area contributed by atoms with Crippen LogP contribution in [0, 0.1) is 0 Å². The van der Waals surface area contributed by atoms with Crippen molar-refractivity contribution in [2.24, 2.45) is 0 Å². The third-order valence-corrected chi connectivity index (χ3v) is 10.9. The maximum absolute atomic E-state index is 12.7. The molecule has 0 bridgehead atoms. The summed E-state index contributed by atoms with van der Waals surface area (Å²) in [5.74, 6) is -2.31. The number of ether oxygens (including phenoxy) is 1. The lowest BCUT2D eigenvalue weighted by Gasteiger charge is -2.18. The van der Waals surface area contributed by atoms with Crippen LogP contribution < -0.4 is 10.6 Å². The second-order valence-corrected chi connectivity index (χ2v) is 16.2. The lowest BCUT2D eigenvalue weighted by atomic mass is 10.0. The molecule has 0 aromatic heterocycles. The summed E-state index contributed by atoms with van der Waals surface area (Å²) in [6.07, 6.45) is 43.1. The number of carboxylic acids is 1. The van der Waals surface area contributed by atoms with Crippen LogP contribution in [-0.4, -0.2) is 59.3 Å². The van der Waals surface area contributed by atoms with Gasteiger partial charge in [0.15, 0.2) is 0 Å². The molecule has 0 aliphatic rings. The van der Waals surface area contributed by atoms with E-state index in [9.17, 15) is 19.2 Å². The Bertz CT molecular complexity index is 900. The topological polar surface area (TPSA) is 142 Å². The summed E-state index contributed by atoms with van der Waals surface area (Å²) in [7, 11) is 0. The summed E-state index contributed by atoms with van der Waals surface area (Å²) < 4.78 is 5.96.